The van der Waals surface area contributed by atoms with Crippen molar-refractivity contribution in [1.29, 1.82) is 0 Å². The molecule has 1 atom stereocenters. The quantitative estimate of drug-likeness (QED) is 0.327. The minimum atomic E-state index is -0.822. The molecule has 1 rings (SSSR count). The second-order valence-corrected chi connectivity index (χ2v) is 7.05. The molecule has 162 valence electrons. The Balaban J connectivity index is 2.39. The highest BCUT2D eigenvalue weighted by Crippen LogP contribution is 2.17. The summed E-state index contributed by atoms with van der Waals surface area (Å²) in [4.78, 5) is 23.9. The average Bonchev–Trinajstić information content (AvgIpc) is 2.69. The molecule has 1 unspecified atom stereocenters. The summed E-state index contributed by atoms with van der Waals surface area (Å²) in [5.41, 5.74) is 1.01. The number of carbonyl (C=O) groups is 2. The molecule has 0 saturated heterocycles. The summed E-state index contributed by atoms with van der Waals surface area (Å²) in [5, 5.41) is 14.9. The number of carbonyl (C=O) groups excluding carboxylic acids is 2. The number of ether oxygens (including phenoxy) is 1. The molecule has 0 heterocycles. The fourth-order valence-electron chi connectivity index (χ4n) is 2.18. The standard InChI is InChI=1S/C21H23Cl2FN2O4/c1-13(25-21(29)12-30-14(2)10-18(24)15(3)22)4-9-20(28)26-19(11-27)16-5-7-17(23)8-6-16/h5-8,10,19,27H,1-4,9,11-12H2,(H,25,29)(H,26,28)/b18-10+. The largest absolute Gasteiger partial charge is 0.484 e. The first-order valence-corrected chi connectivity index (χ1v) is 9.55. The van der Waals surface area contributed by atoms with Crippen molar-refractivity contribution in [1.82, 2.24) is 10.6 Å². The van der Waals surface area contributed by atoms with Crippen LogP contribution in [0.25, 0.3) is 0 Å². The number of aliphatic hydroxyl groups excluding tert-OH is 1. The van der Waals surface area contributed by atoms with Crippen LogP contribution >= 0.6 is 23.2 Å². The number of allylic oxidation sites excluding steroid dienone is 4. The first kappa shape index (κ1) is 25.4. The number of aliphatic hydroxyl groups is 1. The molecule has 0 fully saturated rings. The van der Waals surface area contributed by atoms with E-state index in [9.17, 15) is 19.1 Å². The van der Waals surface area contributed by atoms with Gasteiger partial charge in [0.05, 0.1) is 17.7 Å². The van der Waals surface area contributed by atoms with E-state index in [2.05, 4.69) is 30.4 Å². The van der Waals surface area contributed by atoms with E-state index in [1.54, 1.807) is 24.3 Å². The van der Waals surface area contributed by atoms with E-state index in [4.69, 9.17) is 27.9 Å². The van der Waals surface area contributed by atoms with Gasteiger partial charge in [0.25, 0.3) is 5.91 Å². The number of benzene rings is 1. The molecule has 0 aliphatic heterocycles. The lowest BCUT2D eigenvalue weighted by Crippen LogP contribution is -2.31. The van der Waals surface area contributed by atoms with Crippen LogP contribution in [-0.2, 0) is 14.3 Å². The minimum Gasteiger partial charge on any atom is -0.484 e. The highest BCUT2D eigenvalue weighted by Gasteiger charge is 2.14. The van der Waals surface area contributed by atoms with Crippen LogP contribution in [0.2, 0.25) is 5.02 Å². The van der Waals surface area contributed by atoms with Gasteiger partial charge in [0, 0.05) is 23.2 Å². The van der Waals surface area contributed by atoms with E-state index in [0.717, 1.165) is 6.08 Å². The molecular weight excluding hydrogens is 434 g/mol. The molecule has 1 aromatic rings. The average molecular weight is 457 g/mol. The predicted octanol–water partition coefficient (Wildman–Crippen LogP) is 4.04. The molecule has 1 aromatic carbocycles. The van der Waals surface area contributed by atoms with Gasteiger partial charge in [-0.05, 0) is 24.1 Å². The molecule has 0 saturated carbocycles. The van der Waals surface area contributed by atoms with E-state index in [0.29, 0.717) is 16.3 Å². The lowest BCUT2D eigenvalue weighted by molar-refractivity contribution is -0.124. The topological polar surface area (TPSA) is 87.7 Å². The fraction of sp³-hybridized carbons (Fsp3) is 0.238. The smallest absolute Gasteiger partial charge is 0.262 e. The van der Waals surface area contributed by atoms with Crippen LogP contribution in [0.4, 0.5) is 4.39 Å². The third kappa shape index (κ3) is 9.73. The van der Waals surface area contributed by atoms with Crippen molar-refractivity contribution in [3.63, 3.8) is 0 Å². The summed E-state index contributed by atoms with van der Waals surface area (Å²) in [6, 6.07) is 6.17. The Morgan fingerprint density at radius 2 is 1.80 bits per heavy atom. The van der Waals surface area contributed by atoms with Gasteiger partial charge >= 0.3 is 0 Å². The maximum Gasteiger partial charge on any atom is 0.262 e. The Morgan fingerprint density at radius 3 is 2.37 bits per heavy atom. The van der Waals surface area contributed by atoms with Crippen LogP contribution in [-0.4, -0.2) is 30.1 Å². The third-order valence-corrected chi connectivity index (χ3v) is 4.13. The maximum absolute atomic E-state index is 13.2. The van der Waals surface area contributed by atoms with Gasteiger partial charge in [-0.3, -0.25) is 9.59 Å². The molecule has 9 heteroatoms. The zero-order valence-corrected chi connectivity index (χ0v) is 17.7. The van der Waals surface area contributed by atoms with Crippen molar-refractivity contribution in [2.45, 2.75) is 18.9 Å². The molecule has 6 nitrogen and oxygen atoms in total. The Kier molecular flexibility index (Phi) is 10.9. The normalized spacial score (nSPS) is 11.9. The SMILES string of the molecule is C=C(CCC(=O)NC(CO)c1ccc(Cl)cc1)NC(=O)COC(=C)/C=C(/F)C(=C)Cl. The molecular formula is C21H23Cl2FN2O4. The zero-order chi connectivity index (χ0) is 22.7. The van der Waals surface area contributed by atoms with Crippen molar-refractivity contribution in [2.24, 2.45) is 0 Å². The van der Waals surface area contributed by atoms with Crippen molar-refractivity contribution in [3.05, 3.63) is 83.0 Å². The predicted molar refractivity (Wildman–Crippen MR) is 115 cm³/mol. The molecule has 0 aromatic heterocycles. The minimum absolute atomic E-state index is 0.0442. The van der Waals surface area contributed by atoms with Gasteiger partial charge in [0.2, 0.25) is 5.91 Å². The van der Waals surface area contributed by atoms with Crippen LogP contribution in [0.5, 0.6) is 0 Å². The van der Waals surface area contributed by atoms with Crippen LogP contribution in [0.3, 0.4) is 0 Å². The number of nitrogens with one attached hydrogen (secondary N) is 2. The van der Waals surface area contributed by atoms with Crippen molar-refractivity contribution >= 4 is 35.0 Å². The van der Waals surface area contributed by atoms with Crippen molar-refractivity contribution in [3.8, 4) is 0 Å². The first-order chi connectivity index (χ1) is 14.1. The summed E-state index contributed by atoms with van der Waals surface area (Å²) in [6.45, 7) is 9.61. The Hall–Kier alpha value is -2.61. The summed E-state index contributed by atoms with van der Waals surface area (Å²) in [5.74, 6) is -1.80. The van der Waals surface area contributed by atoms with E-state index in [1.165, 1.54) is 0 Å². The Bertz CT molecular complexity index is 838. The summed E-state index contributed by atoms with van der Waals surface area (Å²) >= 11 is 11.2. The van der Waals surface area contributed by atoms with Gasteiger partial charge in [0.15, 0.2) is 6.61 Å². The van der Waals surface area contributed by atoms with Crippen molar-refractivity contribution in [2.75, 3.05) is 13.2 Å². The summed E-state index contributed by atoms with van der Waals surface area (Å²) < 4.78 is 18.2. The fourth-order valence-corrected chi connectivity index (χ4v) is 2.36. The van der Waals surface area contributed by atoms with Gasteiger partial charge in [-0.2, -0.15) is 0 Å². The Morgan fingerprint density at radius 1 is 1.17 bits per heavy atom. The molecule has 0 bridgehead atoms. The summed E-state index contributed by atoms with van der Waals surface area (Å²) in [6.07, 6.45) is 1.13. The van der Waals surface area contributed by atoms with Crippen LogP contribution < -0.4 is 10.6 Å². The monoisotopic (exact) mass is 456 g/mol. The van der Waals surface area contributed by atoms with Crippen molar-refractivity contribution < 1.29 is 23.8 Å². The second-order valence-electron chi connectivity index (χ2n) is 6.16. The zero-order valence-electron chi connectivity index (χ0n) is 16.2. The van der Waals surface area contributed by atoms with Crippen LogP contribution in [0, 0.1) is 0 Å². The molecule has 30 heavy (non-hydrogen) atoms. The molecule has 0 aliphatic carbocycles. The van der Waals surface area contributed by atoms with E-state index < -0.39 is 24.4 Å². The molecule has 0 radical (unpaired) electrons. The Labute approximate surface area is 184 Å². The van der Waals surface area contributed by atoms with Gasteiger partial charge in [-0.1, -0.05) is 55.1 Å². The van der Waals surface area contributed by atoms with Crippen LogP contribution in [0.15, 0.2) is 72.4 Å². The number of amides is 2. The number of hydrogen-bond acceptors (Lipinski definition) is 4. The molecule has 0 spiro atoms. The van der Waals surface area contributed by atoms with Gasteiger partial charge in [-0.15, -0.1) is 0 Å². The highest BCUT2D eigenvalue weighted by atomic mass is 35.5. The molecule has 0 aliphatic rings. The van der Waals surface area contributed by atoms with Crippen LogP contribution in [0.1, 0.15) is 24.4 Å². The van der Waals surface area contributed by atoms with E-state index in [-0.39, 0.29) is 36.1 Å². The second kappa shape index (κ2) is 12.8. The number of rotatable bonds is 12. The number of halogens is 3. The lowest BCUT2D eigenvalue weighted by Gasteiger charge is -2.17. The lowest BCUT2D eigenvalue weighted by atomic mass is 10.1. The molecule has 2 amide bonds. The van der Waals surface area contributed by atoms with E-state index >= 15 is 0 Å². The summed E-state index contributed by atoms with van der Waals surface area (Å²) in [7, 11) is 0. The van der Waals surface area contributed by atoms with Gasteiger partial charge in [0.1, 0.15) is 11.6 Å². The molecule has 3 N–H and O–H groups in total. The van der Waals surface area contributed by atoms with Gasteiger partial charge in [-0.25, -0.2) is 4.39 Å². The van der Waals surface area contributed by atoms with E-state index in [1.807, 2.05) is 0 Å². The van der Waals surface area contributed by atoms with Gasteiger partial charge < -0.3 is 20.5 Å². The maximum atomic E-state index is 13.2. The third-order valence-electron chi connectivity index (χ3n) is 3.70. The highest BCUT2D eigenvalue weighted by molar-refractivity contribution is 6.31. The first-order valence-electron chi connectivity index (χ1n) is 8.79. The number of hydrogen-bond donors (Lipinski definition) is 3.